The van der Waals surface area contributed by atoms with Gasteiger partial charge in [0.05, 0.1) is 4.92 Å². The van der Waals surface area contributed by atoms with Crippen LogP contribution in [-0.2, 0) is 11.0 Å². The third-order valence-electron chi connectivity index (χ3n) is 3.29. The topological polar surface area (TPSA) is 102 Å². The molecule has 29 heavy (non-hydrogen) atoms. The monoisotopic (exact) mass is 478 g/mol. The number of carbonyl (C=O) groups excluding carboxylic acids is 1. The molecular weight excluding hydrogens is 461 g/mol. The van der Waals surface area contributed by atoms with E-state index in [9.17, 15) is 33.2 Å². The van der Waals surface area contributed by atoms with E-state index in [4.69, 9.17) is 4.74 Å². The summed E-state index contributed by atoms with van der Waals surface area (Å²) in [6.07, 6.45) is -6.65. The number of ether oxygens (including phenoxy) is 1. The Morgan fingerprint density at radius 1 is 1.24 bits per heavy atom. The molecule has 158 valence electrons. The van der Waals surface area contributed by atoms with Gasteiger partial charge in [-0.2, -0.15) is 13.2 Å². The first kappa shape index (κ1) is 24.4. The van der Waals surface area contributed by atoms with E-state index >= 15 is 0 Å². The molecule has 0 aromatic heterocycles. The molecule has 0 aliphatic carbocycles. The average Bonchev–Trinajstić information content (AvgIpc) is 2.68. The normalized spacial score (nSPS) is 11.7. The number of hydrogen-bond donors (Lipinski definition) is 2. The van der Waals surface area contributed by atoms with Crippen LogP contribution in [-0.4, -0.2) is 28.6 Å². The summed E-state index contributed by atoms with van der Waals surface area (Å²) in [5, 5.41) is 22.6. The van der Waals surface area contributed by atoms with E-state index in [2.05, 4.69) is 21.2 Å². The molecule has 0 fully saturated rings. The van der Waals surface area contributed by atoms with Gasteiger partial charge in [-0.1, -0.05) is 29.8 Å². The Kier molecular flexibility index (Phi) is 9.05. The largest absolute Gasteiger partial charge is 0.490 e. The zero-order valence-corrected chi connectivity index (χ0v) is 17.0. The lowest BCUT2D eigenvalue weighted by molar-refractivity contribution is -0.388. The van der Waals surface area contributed by atoms with Gasteiger partial charge in [0.15, 0.2) is 6.10 Å². The van der Waals surface area contributed by atoms with Crippen LogP contribution in [0.4, 0.5) is 24.5 Å². The second kappa shape index (κ2) is 10.8. The number of aliphatic hydroxyl groups is 1. The number of amides is 1. The van der Waals surface area contributed by atoms with Gasteiger partial charge >= 0.3 is 6.18 Å². The van der Waals surface area contributed by atoms with Crippen LogP contribution in [0.5, 0.6) is 5.75 Å². The number of nitrogens with zero attached hydrogens (tertiary/aromatic N) is 1. The van der Waals surface area contributed by atoms with Gasteiger partial charge in [-0.15, -0.1) is 0 Å². The lowest BCUT2D eigenvalue weighted by Crippen LogP contribution is -2.33. The maximum atomic E-state index is 12.9. The van der Waals surface area contributed by atoms with E-state index in [-0.39, 0.29) is 5.69 Å². The number of aliphatic hydroxyl groups excluding tert-OH is 1. The number of halogens is 4. The number of alkyl halides is 3. The first-order chi connectivity index (χ1) is 13.6. The van der Waals surface area contributed by atoms with Crippen LogP contribution in [0.25, 0.3) is 0 Å². The van der Waals surface area contributed by atoms with Crippen molar-refractivity contribution >= 4 is 33.2 Å². The smallest absolute Gasteiger partial charge is 0.423 e. The predicted molar refractivity (Wildman–Crippen MR) is 104 cm³/mol. The Bertz CT molecular complexity index is 844. The quantitative estimate of drug-likeness (QED) is 0.459. The number of nitrogens with one attached hydrogen (secondary N) is 1. The maximum Gasteiger partial charge on any atom is 0.423 e. The molecule has 0 aliphatic rings. The van der Waals surface area contributed by atoms with E-state index in [1.54, 1.807) is 24.3 Å². The highest BCUT2D eigenvalue weighted by molar-refractivity contribution is 9.10. The summed E-state index contributed by atoms with van der Waals surface area (Å²) in [5.41, 5.74) is -2.99. The molecule has 7 nitrogen and oxygen atoms in total. The number of hydrogen-bond acceptors (Lipinski definition) is 5. The van der Waals surface area contributed by atoms with Crippen molar-refractivity contribution in [3.05, 3.63) is 62.6 Å². The highest BCUT2D eigenvalue weighted by Gasteiger charge is 2.38. The highest BCUT2D eigenvalue weighted by Crippen LogP contribution is 2.37. The molecule has 2 aromatic carbocycles. The van der Waals surface area contributed by atoms with E-state index in [0.29, 0.717) is 17.9 Å². The molecule has 0 saturated carbocycles. The fourth-order valence-corrected chi connectivity index (χ4v) is 2.27. The molecule has 0 bridgehead atoms. The Morgan fingerprint density at radius 3 is 2.34 bits per heavy atom. The number of rotatable bonds is 6. The van der Waals surface area contributed by atoms with Gasteiger partial charge in [-0.25, -0.2) is 0 Å². The van der Waals surface area contributed by atoms with Gasteiger partial charge in [0, 0.05) is 16.2 Å². The summed E-state index contributed by atoms with van der Waals surface area (Å²) < 4.78 is 44.8. The van der Waals surface area contributed by atoms with Crippen LogP contribution in [0, 0.1) is 10.1 Å². The molecule has 11 heteroatoms. The third-order valence-corrected chi connectivity index (χ3v) is 3.82. The lowest BCUT2D eigenvalue weighted by Gasteiger charge is -2.14. The zero-order chi connectivity index (χ0) is 22.2. The molecule has 2 N–H and O–H groups in total. The average molecular weight is 479 g/mol. The standard InChI is InChI=1S/C16H12BrF3N2O5.C2H6/c17-9-1-4-11(5-2-9)27-8-14(23)15(24)21-10-3-6-13(22(25)26)12(7-10)16(18,19)20;1-2/h1-7,14,23H,8H2,(H,21,24);1-2H3/t14-;/m0./s1. The summed E-state index contributed by atoms with van der Waals surface area (Å²) in [4.78, 5) is 21.4. The third kappa shape index (κ3) is 7.35. The van der Waals surface area contributed by atoms with Crippen molar-refractivity contribution in [3.8, 4) is 5.75 Å². The number of carbonyl (C=O) groups is 1. The van der Waals surface area contributed by atoms with Gasteiger partial charge in [0.25, 0.3) is 11.6 Å². The van der Waals surface area contributed by atoms with E-state index in [0.717, 1.165) is 10.5 Å². The minimum Gasteiger partial charge on any atom is -0.490 e. The molecule has 0 unspecified atom stereocenters. The van der Waals surface area contributed by atoms with Crippen molar-refractivity contribution in [2.75, 3.05) is 11.9 Å². The maximum absolute atomic E-state index is 12.9. The van der Waals surface area contributed by atoms with Gasteiger partial charge < -0.3 is 15.2 Å². The number of nitro benzene ring substituents is 1. The Balaban J connectivity index is 0.00000204. The second-order valence-corrected chi connectivity index (χ2v) is 6.17. The van der Waals surface area contributed by atoms with Crippen molar-refractivity contribution < 1.29 is 32.7 Å². The molecule has 0 aliphatic heterocycles. The molecule has 2 rings (SSSR count). The van der Waals surface area contributed by atoms with E-state index < -0.39 is 41.0 Å². The van der Waals surface area contributed by atoms with Gasteiger partial charge in [-0.05, 0) is 36.4 Å². The van der Waals surface area contributed by atoms with Gasteiger partial charge in [0.1, 0.15) is 17.9 Å². The van der Waals surface area contributed by atoms with Crippen molar-refractivity contribution in [3.63, 3.8) is 0 Å². The summed E-state index contributed by atoms with van der Waals surface area (Å²) >= 11 is 3.23. The SMILES string of the molecule is CC.O=C(Nc1ccc([N+](=O)[O-])c(C(F)(F)F)c1)[C@@H](O)COc1ccc(Br)cc1. The van der Waals surface area contributed by atoms with Crippen LogP contribution in [0.1, 0.15) is 19.4 Å². The van der Waals surface area contributed by atoms with E-state index in [1.807, 2.05) is 13.8 Å². The summed E-state index contributed by atoms with van der Waals surface area (Å²) in [5.74, 6) is -0.645. The fraction of sp³-hybridized carbons (Fsp3) is 0.278. The van der Waals surface area contributed by atoms with Crippen molar-refractivity contribution in [2.45, 2.75) is 26.1 Å². The van der Waals surface area contributed by atoms with Crippen LogP contribution in [0.3, 0.4) is 0 Å². The lowest BCUT2D eigenvalue weighted by atomic mass is 10.1. The molecule has 0 saturated heterocycles. The molecule has 0 heterocycles. The van der Waals surface area contributed by atoms with Crippen LogP contribution in [0.2, 0.25) is 0 Å². The van der Waals surface area contributed by atoms with Crippen LogP contribution in [0.15, 0.2) is 46.9 Å². The van der Waals surface area contributed by atoms with Crippen molar-refractivity contribution in [1.29, 1.82) is 0 Å². The molecule has 1 amide bonds. The minimum atomic E-state index is -4.98. The van der Waals surface area contributed by atoms with Crippen molar-refractivity contribution in [1.82, 2.24) is 0 Å². The molecule has 1 atom stereocenters. The second-order valence-electron chi connectivity index (χ2n) is 5.26. The Hall–Kier alpha value is -2.66. The van der Waals surface area contributed by atoms with Crippen molar-refractivity contribution in [2.24, 2.45) is 0 Å². The first-order valence-corrected chi connectivity index (χ1v) is 9.10. The number of nitro groups is 1. The fourth-order valence-electron chi connectivity index (χ4n) is 2.01. The Morgan fingerprint density at radius 2 is 1.83 bits per heavy atom. The summed E-state index contributed by atoms with van der Waals surface area (Å²) in [6, 6.07) is 8.52. The van der Waals surface area contributed by atoms with Gasteiger partial charge in [0.2, 0.25) is 0 Å². The molecule has 2 aromatic rings. The van der Waals surface area contributed by atoms with E-state index in [1.165, 1.54) is 0 Å². The molecule has 0 spiro atoms. The number of benzene rings is 2. The first-order valence-electron chi connectivity index (χ1n) is 8.31. The van der Waals surface area contributed by atoms with Gasteiger partial charge in [-0.3, -0.25) is 14.9 Å². The predicted octanol–water partition coefficient (Wildman–Crippen LogP) is 4.78. The highest BCUT2D eigenvalue weighted by atomic mass is 79.9. The summed E-state index contributed by atoms with van der Waals surface area (Å²) in [6.45, 7) is 3.56. The molecule has 0 radical (unpaired) electrons. The zero-order valence-electron chi connectivity index (χ0n) is 15.4. The Labute approximate surface area is 172 Å². The minimum absolute atomic E-state index is 0.347. The van der Waals surface area contributed by atoms with Crippen LogP contribution >= 0.6 is 15.9 Å². The summed E-state index contributed by atoms with van der Waals surface area (Å²) in [7, 11) is 0. The molecular formula is C18H18BrF3N2O5. The number of anilines is 1. The van der Waals surface area contributed by atoms with Crippen LogP contribution < -0.4 is 10.1 Å².